The van der Waals surface area contributed by atoms with Crippen molar-refractivity contribution in [1.29, 1.82) is 0 Å². The lowest BCUT2D eigenvalue weighted by Gasteiger charge is -2.09. The molecule has 104 valence electrons. The average Bonchev–Trinajstić information content (AvgIpc) is 2.27. The van der Waals surface area contributed by atoms with E-state index in [4.69, 9.17) is 15.9 Å². The Morgan fingerprint density at radius 1 is 1.00 bits per heavy atom. The maximum absolute atomic E-state index is 10.7. The van der Waals surface area contributed by atoms with E-state index in [9.17, 15) is 14.4 Å². The second-order valence-corrected chi connectivity index (χ2v) is 3.69. The smallest absolute Gasteiger partial charge is 0.328 e. The van der Waals surface area contributed by atoms with Gasteiger partial charge in [-0.2, -0.15) is 0 Å². The predicted molar refractivity (Wildman–Crippen MR) is 66.9 cm³/mol. The van der Waals surface area contributed by atoms with E-state index in [1.165, 1.54) is 0 Å². The monoisotopic (exact) mass is 259 g/mol. The van der Waals surface area contributed by atoms with E-state index in [2.05, 4.69) is 13.8 Å². The Morgan fingerprint density at radius 2 is 1.33 bits per heavy atom. The number of hydrogen-bond donors (Lipinski definition) is 3. The quantitative estimate of drug-likeness (QED) is 0.597. The fraction of sp³-hybridized carbons (Fsp3) is 0.583. The van der Waals surface area contributed by atoms with Gasteiger partial charge in [-0.25, -0.2) is 9.59 Å². The molecule has 4 N–H and O–H groups in total. The largest absolute Gasteiger partial charge is 0.478 e. The van der Waals surface area contributed by atoms with Crippen LogP contribution in [-0.4, -0.2) is 28.1 Å². The first-order valence-corrected chi connectivity index (χ1v) is 5.78. The number of primary amides is 1. The van der Waals surface area contributed by atoms with E-state index in [1.807, 2.05) is 0 Å². The lowest BCUT2D eigenvalue weighted by molar-refractivity contribution is -0.134. The first kappa shape index (κ1) is 18.5. The number of hydrogen-bond acceptors (Lipinski definition) is 3. The van der Waals surface area contributed by atoms with Crippen molar-refractivity contribution in [3.05, 3.63) is 12.2 Å². The molecule has 6 heteroatoms. The van der Waals surface area contributed by atoms with Crippen molar-refractivity contribution >= 4 is 17.8 Å². The maximum atomic E-state index is 10.7. The van der Waals surface area contributed by atoms with Gasteiger partial charge in [0, 0.05) is 18.1 Å². The fourth-order valence-corrected chi connectivity index (χ4v) is 1.27. The summed E-state index contributed by atoms with van der Waals surface area (Å²) in [7, 11) is 0. The minimum Gasteiger partial charge on any atom is -0.478 e. The number of carbonyl (C=O) groups excluding carboxylic acids is 1. The molecule has 0 unspecified atom stereocenters. The van der Waals surface area contributed by atoms with Crippen molar-refractivity contribution in [3.8, 4) is 0 Å². The highest BCUT2D eigenvalue weighted by molar-refractivity contribution is 5.89. The summed E-state index contributed by atoms with van der Waals surface area (Å²) >= 11 is 0. The van der Waals surface area contributed by atoms with Gasteiger partial charge in [0.1, 0.15) is 0 Å². The third kappa shape index (κ3) is 14.1. The molecule has 0 aliphatic carbocycles. The van der Waals surface area contributed by atoms with Crippen molar-refractivity contribution in [3.63, 3.8) is 0 Å². The van der Waals surface area contributed by atoms with Gasteiger partial charge in [-0.3, -0.25) is 4.79 Å². The standard InChI is InChI=1S/C8H17NO.C4H4O4/c1-3-5-7(6-4-2)8(9)10;5-3(6)1-2-4(7)8/h7H,3-6H2,1-2H3,(H2,9,10);1-2H,(H,5,6)(H,7,8)/b;2-1+. The number of carbonyl (C=O) groups is 3. The number of carboxylic acid groups (broad SMARTS) is 2. The number of amides is 1. The zero-order chi connectivity index (χ0) is 14.6. The molecule has 0 rings (SSSR count). The van der Waals surface area contributed by atoms with Gasteiger partial charge in [-0.15, -0.1) is 0 Å². The van der Waals surface area contributed by atoms with Crippen molar-refractivity contribution in [1.82, 2.24) is 0 Å². The molecule has 0 aromatic rings. The maximum Gasteiger partial charge on any atom is 0.328 e. The fourth-order valence-electron chi connectivity index (χ4n) is 1.27. The molecule has 0 fully saturated rings. The van der Waals surface area contributed by atoms with E-state index in [0.717, 1.165) is 25.7 Å². The molecule has 0 radical (unpaired) electrons. The third-order valence-electron chi connectivity index (χ3n) is 2.05. The van der Waals surface area contributed by atoms with Crippen LogP contribution >= 0.6 is 0 Å². The highest BCUT2D eigenvalue weighted by atomic mass is 16.4. The Labute approximate surface area is 106 Å². The van der Waals surface area contributed by atoms with E-state index in [0.29, 0.717) is 12.2 Å². The zero-order valence-electron chi connectivity index (χ0n) is 10.8. The lowest BCUT2D eigenvalue weighted by atomic mass is 9.98. The molecule has 0 saturated heterocycles. The van der Waals surface area contributed by atoms with Gasteiger partial charge in [-0.1, -0.05) is 26.7 Å². The average molecular weight is 259 g/mol. The number of nitrogens with two attached hydrogens (primary N) is 1. The highest BCUT2D eigenvalue weighted by Crippen LogP contribution is 2.11. The second kappa shape index (κ2) is 11.6. The van der Waals surface area contributed by atoms with Crippen LogP contribution in [0.25, 0.3) is 0 Å². The zero-order valence-corrected chi connectivity index (χ0v) is 10.8. The van der Waals surface area contributed by atoms with Crippen LogP contribution in [0.1, 0.15) is 39.5 Å². The summed E-state index contributed by atoms with van der Waals surface area (Å²) in [6, 6.07) is 0. The Balaban J connectivity index is 0. The Morgan fingerprint density at radius 3 is 1.50 bits per heavy atom. The summed E-state index contributed by atoms with van der Waals surface area (Å²) in [4.78, 5) is 29.8. The molecule has 0 atom stereocenters. The normalized spacial score (nSPS) is 9.94. The predicted octanol–water partition coefficient (Wildman–Crippen LogP) is 1.40. The van der Waals surface area contributed by atoms with Crippen LogP contribution in [0.5, 0.6) is 0 Å². The molecule has 0 heterocycles. The highest BCUT2D eigenvalue weighted by Gasteiger charge is 2.11. The summed E-state index contributed by atoms with van der Waals surface area (Å²) in [6.07, 6.45) is 5.11. The summed E-state index contributed by atoms with van der Waals surface area (Å²) in [5, 5.41) is 15.6. The molecule has 0 aliphatic heterocycles. The molecule has 18 heavy (non-hydrogen) atoms. The van der Waals surface area contributed by atoms with E-state index in [1.54, 1.807) is 0 Å². The number of rotatable bonds is 7. The first-order chi connectivity index (χ1) is 8.34. The summed E-state index contributed by atoms with van der Waals surface area (Å²) in [5.74, 6) is -2.53. The molecule has 0 aliphatic rings. The van der Waals surface area contributed by atoms with Crippen LogP contribution in [0.2, 0.25) is 0 Å². The Kier molecular flexibility index (Phi) is 12.0. The van der Waals surface area contributed by atoms with E-state index < -0.39 is 11.9 Å². The van der Waals surface area contributed by atoms with Crippen molar-refractivity contribution in [2.75, 3.05) is 0 Å². The van der Waals surface area contributed by atoms with Crippen LogP contribution in [0.15, 0.2) is 12.2 Å². The SMILES string of the molecule is CCCC(CCC)C(N)=O.O=C(O)/C=C/C(=O)O. The van der Waals surface area contributed by atoms with Gasteiger partial charge in [0.2, 0.25) is 5.91 Å². The molecule has 0 spiro atoms. The van der Waals surface area contributed by atoms with Crippen LogP contribution < -0.4 is 5.73 Å². The molecular formula is C12H21NO5. The Hall–Kier alpha value is -1.85. The molecular weight excluding hydrogens is 238 g/mol. The first-order valence-electron chi connectivity index (χ1n) is 5.78. The number of aliphatic carboxylic acids is 2. The minimum absolute atomic E-state index is 0.120. The molecule has 0 saturated carbocycles. The van der Waals surface area contributed by atoms with E-state index in [-0.39, 0.29) is 11.8 Å². The lowest BCUT2D eigenvalue weighted by Crippen LogP contribution is -2.22. The van der Waals surface area contributed by atoms with Crippen LogP contribution in [0.4, 0.5) is 0 Å². The van der Waals surface area contributed by atoms with Crippen molar-refractivity contribution < 1.29 is 24.6 Å². The van der Waals surface area contributed by atoms with Crippen LogP contribution in [0.3, 0.4) is 0 Å². The molecule has 6 nitrogen and oxygen atoms in total. The summed E-state index contributed by atoms with van der Waals surface area (Å²) in [5.41, 5.74) is 5.17. The minimum atomic E-state index is -1.26. The Bertz CT molecular complexity index is 277. The third-order valence-corrected chi connectivity index (χ3v) is 2.05. The van der Waals surface area contributed by atoms with Gasteiger partial charge in [0.15, 0.2) is 0 Å². The van der Waals surface area contributed by atoms with Gasteiger partial charge in [0.05, 0.1) is 0 Å². The van der Waals surface area contributed by atoms with Crippen LogP contribution in [0, 0.1) is 5.92 Å². The van der Waals surface area contributed by atoms with Crippen molar-refractivity contribution in [2.45, 2.75) is 39.5 Å². The molecule has 0 aromatic heterocycles. The topological polar surface area (TPSA) is 118 Å². The van der Waals surface area contributed by atoms with Gasteiger partial charge in [-0.05, 0) is 12.8 Å². The summed E-state index contributed by atoms with van der Waals surface area (Å²) in [6.45, 7) is 4.15. The number of carboxylic acids is 2. The van der Waals surface area contributed by atoms with Gasteiger partial charge >= 0.3 is 11.9 Å². The van der Waals surface area contributed by atoms with E-state index >= 15 is 0 Å². The molecule has 1 amide bonds. The second-order valence-electron chi connectivity index (χ2n) is 3.69. The summed E-state index contributed by atoms with van der Waals surface area (Å²) < 4.78 is 0. The van der Waals surface area contributed by atoms with Crippen LogP contribution in [-0.2, 0) is 14.4 Å². The van der Waals surface area contributed by atoms with Gasteiger partial charge < -0.3 is 15.9 Å². The van der Waals surface area contributed by atoms with Crippen molar-refractivity contribution in [2.24, 2.45) is 11.7 Å². The molecule has 0 aromatic carbocycles. The molecule has 0 bridgehead atoms. The van der Waals surface area contributed by atoms with Gasteiger partial charge in [0.25, 0.3) is 0 Å².